The molecular formula is C16H25NO2S. The molecular weight excluding hydrogens is 270 g/mol. The van der Waals surface area contributed by atoms with Crippen molar-refractivity contribution in [1.82, 2.24) is 5.32 Å². The van der Waals surface area contributed by atoms with Crippen LogP contribution in [0.2, 0.25) is 0 Å². The van der Waals surface area contributed by atoms with Crippen molar-refractivity contribution in [3.05, 3.63) is 21.9 Å². The monoisotopic (exact) mass is 295 g/mol. The minimum atomic E-state index is -0.163. The molecule has 0 atom stereocenters. The van der Waals surface area contributed by atoms with E-state index >= 15 is 0 Å². The highest BCUT2D eigenvalue weighted by molar-refractivity contribution is 7.12. The zero-order valence-electron chi connectivity index (χ0n) is 12.3. The van der Waals surface area contributed by atoms with Gasteiger partial charge in [-0.1, -0.05) is 32.1 Å². The Morgan fingerprint density at radius 3 is 2.80 bits per heavy atom. The zero-order valence-corrected chi connectivity index (χ0v) is 13.1. The van der Waals surface area contributed by atoms with Crippen molar-refractivity contribution in [3.8, 4) is 0 Å². The lowest BCUT2D eigenvalue weighted by Crippen LogP contribution is -2.18. The van der Waals surface area contributed by atoms with Crippen molar-refractivity contribution in [2.75, 3.05) is 13.7 Å². The molecule has 1 aromatic heterocycles. The van der Waals surface area contributed by atoms with Crippen LogP contribution in [-0.2, 0) is 22.5 Å². The molecule has 0 radical (unpaired) electrons. The van der Waals surface area contributed by atoms with E-state index < -0.39 is 0 Å². The molecule has 0 amide bonds. The number of hydrogen-bond donors (Lipinski definition) is 1. The van der Waals surface area contributed by atoms with Crippen LogP contribution in [0, 0.1) is 5.92 Å². The summed E-state index contributed by atoms with van der Waals surface area (Å²) in [6.45, 7) is 2.02. The highest BCUT2D eigenvalue weighted by atomic mass is 32.1. The van der Waals surface area contributed by atoms with Gasteiger partial charge in [0.05, 0.1) is 13.5 Å². The normalized spacial score (nSPS) is 16.2. The Labute approximate surface area is 125 Å². The topological polar surface area (TPSA) is 38.3 Å². The summed E-state index contributed by atoms with van der Waals surface area (Å²) in [5, 5.41) is 3.52. The first kappa shape index (κ1) is 15.5. The van der Waals surface area contributed by atoms with Gasteiger partial charge in [-0.15, -0.1) is 11.3 Å². The van der Waals surface area contributed by atoms with Crippen LogP contribution in [0.1, 0.15) is 48.3 Å². The highest BCUT2D eigenvalue weighted by Gasteiger charge is 2.12. The Morgan fingerprint density at radius 2 is 2.05 bits per heavy atom. The van der Waals surface area contributed by atoms with Crippen LogP contribution in [0.15, 0.2) is 12.1 Å². The van der Waals surface area contributed by atoms with Crippen molar-refractivity contribution in [1.29, 1.82) is 0 Å². The summed E-state index contributed by atoms with van der Waals surface area (Å²) in [6, 6.07) is 4.14. The first-order valence-electron chi connectivity index (χ1n) is 7.63. The van der Waals surface area contributed by atoms with E-state index in [1.165, 1.54) is 50.5 Å². The van der Waals surface area contributed by atoms with Gasteiger partial charge in [-0.2, -0.15) is 0 Å². The van der Waals surface area contributed by atoms with Crippen LogP contribution >= 0.6 is 11.3 Å². The van der Waals surface area contributed by atoms with E-state index in [0.717, 1.165) is 23.9 Å². The van der Waals surface area contributed by atoms with E-state index in [2.05, 4.69) is 16.1 Å². The van der Waals surface area contributed by atoms with Crippen LogP contribution in [0.5, 0.6) is 0 Å². The van der Waals surface area contributed by atoms with E-state index in [-0.39, 0.29) is 5.97 Å². The van der Waals surface area contributed by atoms with Gasteiger partial charge in [-0.3, -0.25) is 4.79 Å². The molecule has 0 aromatic carbocycles. The van der Waals surface area contributed by atoms with Gasteiger partial charge in [0.1, 0.15) is 0 Å². The number of carbonyl (C=O) groups excluding carboxylic acids is 1. The second-order valence-electron chi connectivity index (χ2n) is 5.59. The van der Waals surface area contributed by atoms with Gasteiger partial charge >= 0.3 is 5.97 Å². The van der Waals surface area contributed by atoms with Crippen LogP contribution in [0.4, 0.5) is 0 Å². The second kappa shape index (κ2) is 8.42. The molecule has 0 saturated heterocycles. The van der Waals surface area contributed by atoms with Gasteiger partial charge < -0.3 is 10.1 Å². The van der Waals surface area contributed by atoms with Crippen molar-refractivity contribution in [2.24, 2.45) is 5.92 Å². The Balaban J connectivity index is 1.62. The minimum absolute atomic E-state index is 0.163. The largest absolute Gasteiger partial charge is 0.469 e. The van der Waals surface area contributed by atoms with Gasteiger partial charge in [-0.25, -0.2) is 0 Å². The molecule has 1 aliphatic carbocycles. The molecule has 0 spiro atoms. The molecule has 0 unspecified atom stereocenters. The molecule has 2 rings (SSSR count). The third kappa shape index (κ3) is 5.25. The van der Waals surface area contributed by atoms with Crippen LogP contribution in [0.25, 0.3) is 0 Å². The molecule has 0 bridgehead atoms. The number of carbonyl (C=O) groups is 1. The maximum absolute atomic E-state index is 11.2. The lowest BCUT2D eigenvalue weighted by molar-refractivity contribution is -0.139. The fourth-order valence-electron chi connectivity index (χ4n) is 2.82. The van der Waals surface area contributed by atoms with Gasteiger partial charge in [0, 0.05) is 16.3 Å². The van der Waals surface area contributed by atoms with E-state index in [1.54, 1.807) is 11.3 Å². The Bertz CT molecular complexity index is 410. The first-order chi connectivity index (χ1) is 9.78. The van der Waals surface area contributed by atoms with Gasteiger partial charge in [0.15, 0.2) is 0 Å². The molecule has 4 heteroatoms. The molecule has 1 aliphatic rings. The summed E-state index contributed by atoms with van der Waals surface area (Å²) >= 11 is 1.70. The maximum atomic E-state index is 11.2. The smallest absolute Gasteiger partial charge is 0.310 e. The molecule has 1 N–H and O–H groups in total. The minimum Gasteiger partial charge on any atom is -0.469 e. The highest BCUT2D eigenvalue weighted by Crippen LogP contribution is 2.25. The predicted octanol–water partition coefficient (Wildman–Crippen LogP) is 3.52. The summed E-state index contributed by atoms with van der Waals surface area (Å²) in [5.41, 5.74) is 0. The van der Waals surface area contributed by atoms with E-state index in [1.807, 2.05) is 6.07 Å². The predicted molar refractivity (Wildman–Crippen MR) is 82.9 cm³/mol. The number of ether oxygens (including phenoxy) is 1. The lowest BCUT2D eigenvalue weighted by atomic mass is 9.87. The third-order valence-corrected chi connectivity index (χ3v) is 5.10. The summed E-state index contributed by atoms with van der Waals surface area (Å²) in [5.74, 6) is 0.776. The van der Waals surface area contributed by atoms with Crippen molar-refractivity contribution in [3.63, 3.8) is 0 Å². The number of esters is 1. The molecule has 0 aliphatic heterocycles. The number of hydrogen-bond acceptors (Lipinski definition) is 4. The van der Waals surface area contributed by atoms with Crippen molar-refractivity contribution >= 4 is 17.3 Å². The third-order valence-electron chi connectivity index (χ3n) is 4.02. The molecule has 3 nitrogen and oxygen atoms in total. The zero-order chi connectivity index (χ0) is 14.2. The molecule has 112 valence electrons. The van der Waals surface area contributed by atoms with Crippen molar-refractivity contribution < 1.29 is 9.53 Å². The molecule has 20 heavy (non-hydrogen) atoms. The number of methoxy groups -OCH3 is 1. The number of nitrogens with one attached hydrogen (secondary N) is 1. The number of thiophene rings is 1. The molecule has 1 fully saturated rings. The summed E-state index contributed by atoms with van der Waals surface area (Å²) < 4.78 is 4.68. The Kier molecular flexibility index (Phi) is 6.54. The summed E-state index contributed by atoms with van der Waals surface area (Å²) in [6.07, 6.45) is 8.82. The summed E-state index contributed by atoms with van der Waals surface area (Å²) in [4.78, 5) is 13.6. The maximum Gasteiger partial charge on any atom is 0.310 e. The number of rotatable bonds is 7. The SMILES string of the molecule is COC(=O)Cc1ccc(CNCCC2CCCCC2)s1. The van der Waals surface area contributed by atoms with Crippen LogP contribution < -0.4 is 5.32 Å². The van der Waals surface area contributed by atoms with Gasteiger partial charge in [0.25, 0.3) is 0 Å². The molecule has 1 aromatic rings. The fraction of sp³-hybridized carbons (Fsp3) is 0.688. The fourth-order valence-corrected chi connectivity index (χ4v) is 3.79. The standard InChI is InChI=1S/C16H25NO2S/c1-19-16(18)11-14-7-8-15(20-14)12-17-10-9-13-5-3-2-4-6-13/h7-8,13,17H,2-6,9-12H2,1H3. The van der Waals surface area contributed by atoms with Crippen LogP contribution in [-0.4, -0.2) is 19.6 Å². The quantitative estimate of drug-likeness (QED) is 0.618. The van der Waals surface area contributed by atoms with Crippen molar-refractivity contribution in [2.45, 2.75) is 51.5 Å². The Morgan fingerprint density at radius 1 is 1.30 bits per heavy atom. The van der Waals surface area contributed by atoms with Gasteiger partial charge in [0.2, 0.25) is 0 Å². The van der Waals surface area contributed by atoms with Crippen LogP contribution in [0.3, 0.4) is 0 Å². The summed E-state index contributed by atoms with van der Waals surface area (Å²) in [7, 11) is 1.43. The second-order valence-corrected chi connectivity index (χ2v) is 6.84. The van der Waals surface area contributed by atoms with Gasteiger partial charge in [-0.05, 0) is 31.0 Å². The van der Waals surface area contributed by atoms with E-state index in [9.17, 15) is 4.79 Å². The average Bonchev–Trinajstić information content (AvgIpc) is 2.92. The average molecular weight is 295 g/mol. The lowest BCUT2D eigenvalue weighted by Gasteiger charge is -2.21. The molecule has 1 heterocycles. The van der Waals surface area contributed by atoms with E-state index in [0.29, 0.717) is 6.42 Å². The first-order valence-corrected chi connectivity index (χ1v) is 8.44. The van der Waals surface area contributed by atoms with E-state index in [4.69, 9.17) is 0 Å². The Hall–Kier alpha value is -0.870. The molecule has 1 saturated carbocycles.